The van der Waals surface area contributed by atoms with E-state index in [1.54, 1.807) is 11.8 Å². The van der Waals surface area contributed by atoms with Crippen molar-refractivity contribution in [1.82, 2.24) is 4.90 Å². The molecule has 0 aliphatic carbocycles. The lowest BCUT2D eigenvalue weighted by atomic mass is 10.1. The van der Waals surface area contributed by atoms with E-state index in [9.17, 15) is 4.79 Å². The van der Waals surface area contributed by atoms with Gasteiger partial charge in [-0.15, -0.1) is 0 Å². The van der Waals surface area contributed by atoms with Crippen molar-refractivity contribution in [2.45, 2.75) is 51.6 Å². The summed E-state index contributed by atoms with van der Waals surface area (Å²) >= 11 is 1.68. The average Bonchev–Trinajstić information content (AvgIpc) is 2.71. The first-order chi connectivity index (χ1) is 7.95. The second-order valence-electron chi connectivity index (χ2n) is 5.59. The molecule has 0 unspecified atom stereocenters. The first-order valence-corrected chi connectivity index (χ1v) is 7.76. The molecule has 0 aromatic heterocycles. The van der Waals surface area contributed by atoms with Crippen LogP contribution in [0, 0.1) is 0 Å². The highest BCUT2D eigenvalue weighted by atomic mass is 32.2. The van der Waals surface area contributed by atoms with Crippen molar-refractivity contribution >= 4 is 17.7 Å². The van der Waals surface area contributed by atoms with Crippen molar-refractivity contribution in [1.29, 1.82) is 0 Å². The minimum atomic E-state index is -0.0555. The van der Waals surface area contributed by atoms with E-state index in [1.165, 1.54) is 6.42 Å². The highest BCUT2D eigenvalue weighted by molar-refractivity contribution is 7.98. The van der Waals surface area contributed by atoms with Gasteiger partial charge >= 0.3 is 5.97 Å². The Bertz CT molecular complexity index is 250. The summed E-state index contributed by atoms with van der Waals surface area (Å²) in [5, 5.41) is 0. The van der Waals surface area contributed by atoms with E-state index in [0.717, 1.165) is 18.7 Å². The number of carbonyl (C=O) groups is 1. The van der Waals surface area contributed by atoms with E-state index in [-0.39, 0.29) is 11.5 Å². The molecule has 0 aromatic rings. The Labute approximate surface area is 109 Å². The van der Waals surface area contributed by atoms with Gasteiger partial charge in [-0.1, -0.05) is 0 Å². The molecular formula is C13H25NO2S. The van der Waals surface area contributed by atoms with Crippen molar-refractivity contribution in [3.05, 3.63) is 0 Å². The Morgan fingerprint density at radius 3 is 2.76 bits per heavy atom. The van der Waals surface area contributed by atoms with Crippen LogP contribution in [0.1, 0.15) is 40.0 Å². The molecule has 1 atom stereocenters. The largest absolute Gasteiger partial charge is 0.464 e. The highest BCUT2D eigenvalue weighted by Crippen LogP contribution is 2.26. The van der Waals surface area contributed by atoms with Gasteiger partial charge in [0, 0.05) is 17.3 Å². The molecule has 0 saturated carbocycles. The fraction of sp³-hybridized carbons (Fsp3) is 0.923. The third kappa shape index (κ3) is 4.88. The van der Waals surface area contributed by atoms with Gasteiger partial charge in [0.15, 0.2) is 0 Å². The zero-order valence-corrected chi connectivity index (χ0v) is 12.3. The van der Waals surface area contributed by atoms with E-state index < -0.39 is 0 Å². The summed E-state index contributed by atoms with van der Waals surface area (Å²) in [6.45, 7) is 8.35. The van der Waals surface area contributed by atoms with Gasteiger partial charge in [0.05, 0.1) is 6.42 Å². The van der Waals surface area contributed by atoms with Gasteiger partial charge in [0.2, 0.25) is 0 Å². The minimum absolute atomic E-state index is 0.0555. The second-order valence-corrected chi connectivity index (χ2v) is 6.57. The number of thioether (sulfide) groups is 1. The van der Waals surface area contributed by atoms with Crippen LogP contribution in [-0.4, -0.2) is 47.6 Å². The van der Waals surface area contributed by atoms with Gasteiger partial charge in [0.1, 0.15) is 6.61 Å². The molecule has 3 nitrogen and oxygen atoms in total. The third-order valence-electron chi connectivity index (χ3n) is 3.19. The molecule has 0 aromatic carbocycles. The molecule has 0 spiro atoms. The number of rotatable bonds is 5. The second kappa shape index (κ2) is 6.64. The van der Waals surface area contributed by atoms with Crippen LogP contribution < -0.4 is 0 Å². The summed E-state index contributed by atoms with van der Waals surface area (Å²) in [7, 11) is 0. The summed E-state index contributed by atoms with van der Waals surface area (Å²) in [6, 6.07) is 0.410. The van der Waals surface area contributed by atoms with Crippen LogP contribution in [0.4, 0.5) is 0 Å². The molecule has 0 bridgehead atoms. The summed E-state index contributed by atoms with van der Waals surface area (Å²) in [4.78, 5) is 13.9. The highest BCUT2D eigenvalue weighted by Gasteiger charge is 2.33. The van der Waals surface area contributed by atoms with Gasteiger partial charge < -0.3 is 4.74 Å². The van der Waals surface area contributed by atoms with Gasteiger partial charge in [-0.25, -0.2) is 0 Å². The number of nitrogens with zero attached hydrogens (tertiary/aromatic N) is 1. The fourth-order valence-corrected chi connectivity index (χ4v) is 2.71. The fourth-order valence-electron chi connectivity index (χ4n) is 2.34. The molecule has 100 valence electrons. The van der Waals surface area contributed by atoms with Gasteiger partial charge in [-0.3, -0.25) is 9.69 Å². The number of ether oxygens (including phenoxy) is 1. The van der Waals surface area contributed by atoms with E-state index in [4.69, 9.17) is 4.74 Å². The van der Waals surface area contributed by atoms with Crippen LogP contribution in [0.15, 0.2) is 0 Å². The molecule has 1 heterocycles. The van der Waals surface area contributed by atoms with E-state index in [0.29, 0.717) is 19.1 Å². The number of esters is 1. The van der Waals surface area contributed by atoms with Crippen molar-refractivity contribution in [2.75, 3.05) is 25.2 Å². The molecule has 1 fully saturated rings. The summed E-state index contributed by atoms with van der Waals surface area (Å²) < 4.78 is 5.36. The number of hydrogen-bond donors (Lipinski definition) is 0. The molecule has 0 amide bonds. The summed E-state index contributed by atoms with van der Waals surface area (Å²) in [5.74, 6) is 0.798. The van der Waals surface area contributed by atoms with Crippen molar-refractivity contribution in [3.8, 4) is 0 Å². The molecule has 4 heteroatoms. The molecule has 1 aliphatic heterocycles. The molecule has 1 rings (SSSR count). The molecule has 17 heavy (non-hydrogen) atoms. The van der Waals surface area contributed by atoms with E-state index in [2.05, 4.69) is 25.7 Å². The predicted molar refractivity (Wildman–Crippen MR) is 73.4 cm³/mol. The molecular weight excluding hydrogens is 234 g/mol. The molecule has 0 N–H and O–H groups in total. The van der Waals surface area contributed by atoms with Crippen LogP contribution in [0.25, 0.3) is 0 Å². The zero-order valence-electron chi connectivity index (χ0n) is 11.5. The Hall–Kier alpha value is -0.220. The maximum absolute atomic E-state index is 11.5. The quantitative estimate of drug-likeness (QED) is 0.710. The normalized spacial score (nSPS) is 21.8. The van der Waals surface area contributed by atoms with E-state index in [1.807, 2.05) is 6.26 Å². The number of hydrogen-bond acceptors (Lipinski definition) is 4. The lowest BCUT2D eigenvalue weighted by Crippen LogP contribution is -2.46. The Morgan fingerprint density at radius 1 is 1.47 bits per heavy atom. The van der Waals surface area contributed by atoms with Crippen LogP contribution >= 0.6 is 11.8 Å². The number of carbonyl (C=O) groups excluding carboxylic acids is 1. The van der Waals surface area contributed by atoms with Crippen molar-refractivity contribution in [2.24, 2.45) is 0 Å². The van der Waals surface area contributed by atoms with Crippen LogP contribution in [-0.2, 0) is 9.53 Å². The zero-order chi connectivity index (χ0) is 12.9. The van der Waals surface area contributed by atoms with Crippen LogP contribution in [0.3, 0.4) is 0 Å². The Balaban J connectivity index is 2.33. The third-order valence-corrected chi connectivity index (χ3v) is 3.80. The first-order valence-electron chi connectivity index (χ1n) is 6.36. The Kier molecular flexibility index (Phi) is 5.80. The topological polar surface area (TPSA) is 29.5 Å². The lowest BCUT2D eigenvalue weighted by molar-refractivity contribution is -0.145. The van der Waals surface area contributed by atoms with E-state index >= 15 is 0 Å². The first kappa shape index (κ1) is 14.8. The van der Waals surface area contributed by atoms with Crippen LogP contribution in [0.2, 0.25) is 0 Å². The maximum Gasteiger partial charge on any atom is 0.306 e. The molecule has 0 radical (unpaired) electrons. The minimum Gasteiger partial charge on any atom is -0.464 e. The van der Waals surface area contributed by atoms with Crippen molar-refractivity contribution in [3.63, 3.8) is 0 Å². The van der Waals surface area contributed by atoms with Gasteiger partial charge in [0.25, 0.3) is 0 Å². The SMILES string of the molecule is CSCCC(=O)OC[C@@H]1CCCN1C(C)(C)C. The Morgan fingerprint density at radius 2 is 2.18 bits per heavy atom. The van der Waals surface area contributed by atoms with Crippen LogP contribution in [0.5, 0.6) is 0 Å². The number of likely N-dealkylation sites (tertiary alicyclic amines) is 1. The maximum atomic E-state index is 11.5. The summed E-state index contributed by atoms with van der Waals surface area (Å²) in [6.07, 6.45) is 4.90. The standard InChI is InChI=1S/C13H25NO2S/c1-13(2,3)14-8-5-6-11(14)10-16-12(15)7-9-17-4/h11H,5-10H2,1-4H3/t11-/m0/s1. The molecule has 1 saturated heterocycles. The monoisotopic (exact) mass is 259 g/mol. The molecule has 1 aliphatic rings. The van der Waals surface area contributed by atoms with Gasteiger partial charge in [-0.2, -0.15) is 11.8 Å². The smallest absolute Gasteiger partial charge is 0.306 e. The lowest BCUT2D eigenvalue weighted by Gasteiger charge is -2.36. The average molecular weight is 259 g/mol. The summed E-state index contributed by atoms with van der Waals surface area (Å²) in [5.41, 5.74) is 0.173. The van der Waals surface area contributed by atoms with Gasteiger partial charge in [-0.05, 0) is 46.4 Å². The predicted octanol–water partition coefficient (Wildman–Crippen LogP) is 2.55. The van der Waals surface area contributed by atoms with Crippen molar-refractivity contribution < 1.29 is 9.53 Å².